The molecule has 2 amide bonds. The molecule has 0 fully saturated rings. The van der Waals surface area contributed by atoms with E-state index in [1.165, 1.54) is 0 Å². The Kier molecular flexibility index (Phi) is 6.88. The average Bonchev–Trinajstić information content (AvgIpc) is 2.71. The van der Waals surface area contributed by atoms with Crippen LogP contribution in [0, 0.1) is 5.92 Å². The van der Waals surface area contributed by atoms with Crippen molar-refractivity contribution in [1.29, 1.82) is 0 Å². The number of rotatable bonds is 6. The van der Waals surface area contributed by atoms with Crippen molar-refractivity contribution in [3.05, 3.63) is 76.3 Å². The molecular formula is C23H23BrN2O3. The van der Waals surface area contributed by atoms with E-state index < -0.39 is 5.91 Å². The molecule has 3 rings (SSSR count). The summed E-state index contributed by atoms with van der Waals surface area (Å²) in [6.45, 7) is 4.72. The Bertz CT molecular complexity index is 1030. The molecule has 3 aromatic carbocycles. The topological polar surface area (TPSA) is 67.4 Å². The Morgan fingerprint density at radius 1 is 1.00 bits per heavy atom. The molecule has 3 aromatic rings. The highest BCUT2D eigenvalue weighted by Crippen LogP contribution is 2.26. The number of hydrogen-bond donors (Lipinski definition) is 2. The van der Waals surface area contributed by atoms with Gasteiger partial charge in [-0.15, -0.1) is 0 Å². The molecule has 2 N–H and O–H groups in total. The van der Waals surface area contributed by atoms with Gasteiger partial charge in [0.05, 0.1) is 17.5 Å². The first kappa shape index (κ1) is 20.9. The summed E-state index contributed by atoms with van der Waals surface area (Å²) >= 11 is 3.42. The molecule has 0 aromatic heterocycles. The van der Waals surface area contributed by atoms with Crippen molar-refractivity contribution >= 4 is 38.5 Å². The summed E-state index contributed by atoms with van der Waals surface area (Å²) in [7, 11) is 0. The summed E-state index contributed by atoms with van der Waals surface area (Å²) in [5.41, 5.74) is 6.27. The van der Waals surface area contributed by atoms with Crippen LogP contribution in [0.5, 0.6) is 5.75 Å². The van der Waals surface area contributed by atoms with E-state index in [1.54, 1.807) is 18.2 Å². The lowest BCUT2D eigenvalue weighted by Gasteiger charge is -2.12. The number of hydrazine groups is 1. The molecule has 5 nitrogen and oxygen atoms in total. The van der Waals surface area contributed by atoms with Gasteiger partial charge in [0.15, 0.2) is 0 Å². The van der Waals surface area contributed by atoms with Crippen molar-refractivity contribution in [2.24, 2.45) is 5.92 Å². The second-order valence-corrected chi connectivity index (χ2v) is 8.02. The minimum Gasteiger partial charge on any atom is -0.492 e. The first-order valence-corrected chi connectivity index (χ1v) is 10.2. The quantitative estimate of drug-likeness (QED) is 0.533. The zero-order chi connectivity index (χ0) is 20.8. The Hall–Kier alpha value is -2.86. The molecule has 0 saturated heterocycles. The Labute approximate surface area is 178 Å². The van der Waals surface area contributed by atoms with Crippen LogP contribution in [0.25, 0.3) is 10.8 Å². The number of benzene rings is 3. The first-order chi connectivity index (χ1) is 13.9. The average molecular weight is 455 g/mol. The summed E-state index contributed by atoms with van der Waals surface area (Å²) in [6, 6.07) is 18.8. The third-order valence-electron chi connectivity index (χ3n) is 4.31. The zero-order valence-corrected chi connectivity index (χ0v) is 18.0. The van der Waals surface area contributed by atoms with Crippen LogP contribution in [0.15, 0.2) is 65.1 Å². The van der Waals surface area contributed by atoms with Gasteiger partial charge in [0.2, 0.25) is 5.91 Å². The number of halogens is 1. The highest BCUT2D eigenvalue weighted by molar-refractivity contribution is 9.10. The lowest BCUT2D eigenvalue weighted by molar-refractivity contribution is -0.121. The van der Waals surface area contributed by atoms with Crippen molar-refractivity contribution in [2.75, 3.05) is 6.61 Å². The van der Waals surface area contributed by atoms with Gasteiger partial charge in [-0.25, -0.2) is 0 Å². The van der Waals surface area contributed by atoms with Crippen LogP contribution in [0.3, 0.4) is 0 Å². The molecule has 6 heteroatoms. The van der Waals surface area contributed by atoms with Crippen LogP contribution in [0.1, 0.15) is 29.8 Å². The van der Waals surface area contributed by atoms with E-state index in [4.69, 9.17) is 4.74 Å². The van der Waals surface area contributed by atoms with Gasteiger partial charge in [-0.3, -0.25) is 20.4 Å². The molecule has 29 heavy (non-hydrogen) atoms. The van der Waals surface area contributed by atoms with Gasteiger partial charge in [-0.2, -0.15) is 0 Å². The summed E-state index contributed by atoms with van der Waals surface area (Å²) in [5, 5.41) is 2.10. The molecule has 0 radical (unpaired) electrons. The summed E-state index contributed by atoms with van der Waals surface area (Å²) in [4.78, 5) is 24.7. The molecule has 0 unspecified atom stereocenters. The molecule has 150 valence electrons. The normalized spacial score (nSPS) is 10.8. The molecular weight excluding hydrogens is 432 g/mol. The van der Waals surface area contributed by atoms with Crippen LogP contribution in [0.4, 0.5) is 0 Å². The van der Waals surface area contributed by atoms with Gasteiger partial charge in [0.25, 0.3) is 5.91 Å². The lowest BCUT2D eigenvalue weighted by atomic mass is 10.0. The number of carbonyl (C=O) groups excluding carboxylic acids is 2. The fourth-order valence-corrected chi connectivity index (χ4v) is 3.37. The Balaban J connectivity index is 1.58. The molecule has 0 saturated carbocycles. The van der Waals surface area contributed by atoms with E-state index >= 15 is 0 Å². The van der Waals surface area contributed by atoms with Crippen LogP contribution in [0.2, 0.25) is 0 Å². The van der Waals surface area contributed by atoms with Gasteiger partial charge in [0.1, 0.15) is 5.75 Å². The van der Waals surface area contributed by atoms with Gasteiger partial charge in [0, 0.05) is 5.56 Å². The number of nitrogens with one attached hydrogen (secondary N) is 2. The van der Waals surface area contributed by atoms with Crippen LogP contribution in [-0.4, -0.2) is 18.4 Å². The van der Waals surface area contributed by atoms with Gasteiger partial charge in [-0.05, 0) is 56.4 Å². The molecule has 0 aliphatic heterocycles. The maximum absolute atomic E-state index is 12.4. The highest BCUT2D eigenvalue weighted by atomic mass is 79.9. The van der Waals surface area contributed by atoms with Crippen molar-refractivity contribution < 1.29 is 14.3 Å². The van der Waals surface area contributed by atoms with Crippen LogP contribution < -0.4 is 15.6 Å². The highest BCUT2D eigenvalue weighted by Gasteiger charge is 2.12. The number of carbonyl (C=O) groups is 2. The van der Waals surface area contributed by atoms with Gasteiger partial charge >= 0.3 is 0 Å². The van der Waals surface area contributed by atoms with E-state index in [2.05, 4.69) is 40.6 Å². The van der Waals surface area contributed by atoms with E-state index in [-0.39, 0.29) is 12.3 Å². The monoisotopic (exact) mass is 454 g/mol. The smallest absolute Gasteiger partial charge is 0.269 e. The molecule has 0 aliphatic carbocycles. The minimum atomic E-state index is -0.396. The molecule has 0 aliphatic rings. The van der Waals surface area contributed by atoms with Crippen LogP contribution >= 0.6 is 15.9 Å². The Morgan fingerprint density at radius 2 is 1.76 bits per heavy atom. The fourth-order valence-electron chi connectivity index (χ4n) is 2.88. The third kappa shape index (κ3) is 5.57. The second-order valence-electron chi connectivity index (χ2n) is 7.17. The number of fused-ring (bicyclic) bond motifs is 1. The molecule has 0 atom stereocenters. The van der Waals surface area contributed by atoms with Crippen molar-refractivity contribution in [1.82, 2.24) is 10.9 Å². The minimum absolute atomic E-state index is 0.174. The maximum Gasteiger partial charge on any atom is 0.269 e. The van der Waals surface area contributed by atoms with Gasteiger partial charge < -0.3 is 4.74 Å². The molecule has 0 heterocycles. The van der Waals surface area contributed by atoms with E-state index in [1.807, 2.05) is 42.5 Å². The predicted octanol–water partition coefficient (Wildman–Crippen LogP) is 4.64. The number of ether oxygens (including phenoxy) is 1. The molecule has 0 bridgehead atoms. The molecule has 0 spiro atoms. The first-order valence-electron chi connectivity index (χ1n) is 9.42. The number of amides is 2. The lowest BCUT2D eigenvalue weighted by Crippen LogP contribution is -2.42. The van der Waals surface area contributed by atoms with Crippen LogP contribution in [-0.2, 0) is 11.2 Å². The number of hydrogen-bond acceptors (Lipinski definition) is 3. The zero-order valence-electron chi connectivity index (χ0n) is 16.4. The van der Waals surface area contributed by atoms with Crippen molar-refractivity contribution in [3.8, 4) is 5.75 Å². The van der Waals surface area contributed by atoms with Gasteiger partial charge in [-0.1, -0.05) is 56.3 Å². The van der Waals surface area contributed by atoms with Crippen molar-refractivity contribution in [3.63, 3.8) is 0 Å². The SMILES string of the molecule is CC(C)COc1ccc(C(=O)NNC(=O)Cc2cccc3ccccc23)cc1Br. The summed E-state index contributed by atoms with van der Waals surface area (Å²) in [5.74, 6) is 0.398. The largest absolute Gasteiger partial charge is 0.492 e. The van der Waals surface area contributed by atoms with E-state index in [0.29, 0.717) is 28.3 Å². The third-order valence-corrected chi connectivity index (χ3v) is 4.93. The summed E-state index contributed by atoms with van der Waals surface area (Å²) in [6.07, 6.45) is 0.174. The van der Waals surface area contributed by atoms with Crippen molar-refractivity contribution in [2.45, 2.75) is 20.3 Å². The fraction of sp³-hybridized carbons (Fsp3) is 0.217. The van der Waals surface area contributed by atoms with E-state index in [0.717, 1.165) is 16.3 Å². The standard InChI is InChI=1S/C23H23BrN2O3/c1-15(2)14-29-21-11-10-18(12-20(21)24)23(28)26-25-22(27)13-17-8-5-7-16-6-3-4-9-19(16)17/h3-12,15H,13-14H2,1-2H3,(H,25,27)(H,26,28). The van der Waals surface area contributed by atoms with E-state index in [9.17, 15) is 9.59 Å². The predicted molar refractivity (Wildman–Crippen MR) is 118 cm³/mol. The summed E-state index contributed by atoms with van der Waals surface area (Å²) < 4.78 is 6.37. The Morgan fingerprint density at radius 3 is 2.52 bits per heavy atom. The maximum atomic E-state index is 12.4. The second kappa shape index (κ2) is 9.56.